The summed E-state index contributed by atoms with van der Waals surface area (Å²) in [6.45, 7) is 0.632. The Bertz CT molecular complexity index is 463. The van der Waals surface area contributed by atoms with Gasteiger partial charge in [-0.15, -0.1) is 0 Å². The number of nitrogens with two attached hydrogens (primary N) is 1. The highest BCUT2D eigenvalue weighted by Crippen LogP contribution is 2.08. The molecular weight excluding hydrogens is 212 g/mol. The first kappa shape index (κ1) is 12.3. The Morgan fingerprint density at radius 2 is 2.12 bits per heavy atom. The van der Waals surface area contributed by atoms with Crippen LogP contribution in [0.25, 0.3) is 0 Å². The molecule has 7 heteroatoms. The predicted molar refractivity (Wildman–Crippen MR) is 61.5 cm³/mol. The summed E-state index contributed by atoms with van der Waals surface area (Å²) < 4.78 is 1.16. The Morgan fingerprint density at radius 3 is 2.75 bits per heavy atom. The minimum Gasteiger partial charge on any atom is -0.396 e. The van der Waals surface area contributed by atoms with Gasteiger partial charge in [0.15, 0.2) is 0 Å². The van der Waals surface area contributed by atoms with Gasteiger partial charge in [-0.25, -0.2) is 4.79 Å². The van der Waals surface area contributed by atoms with E-state index in [9.17, 15) is 9.59 Å². The van der Waals surface area contributed by atoms with E-state index in [2.05, 4.69) is 10.3 Å². The van der Waals surface area contributed by atoms with Crippen molar-refractivity contribution in [3.8, 4) is 0 Å². The monoisotopic (exact) mass is 228 g/mol. The number of H-pyrrole nitrogens is 1. The van der Waals surface area contributed by atoms with Gasteiger partial charge in [0.05, 0.1) is 0 Å². The average molecular weight is 228 g/mol. The Balaban J connectivity index is 2.84. The Morgan fingerprint density at radius 1 is 1.44 bits per heavy atom. The molecule has 1 aromatic heterocycles. The van der Waals surface area contributed by atoms with Crippen molar-refractivity contribution in [2.24, 2.45) is 7.05 Å². The molecule has 5 N–H and O–H groups in total. The number of anilines is 2. The van der Waals surface area contributed by atoms with E-state index in [1.54, 1.807) is 0 Å². The van der Waals surface area contributed by atoms with Gasteiger partial charge in [0.25, 0.3) is 5.56 Å². The van der Waals surface area contributed by atoms with Crippen LogP contribution in [0.2, 0.25) is 0 Å². The number of hydrogen-bond donors (Lipinski definition) is 4. The van der Waals surface area contributed by atoms with Crippen molar-refractivity contribution in [2.75, 3.05) is 24.2 Å². The summed E-state index contributed by atoms with van der Waals surface area (Å²) in [5.74, 6) is 0.109. The highest BCUT2D eigenvalue weighted by Gasteiger charge is 2.08. The van der Waals surface area contributed by atoms with Crippen LogP contribution in [-0.2, 0) is 7.05 Å². The lowest BCUT2D eigenvalue weighted by atomic mass is 10.3. The molecule has 0 bridgehead atoms. The lowest BCUT2D eigenvalue weighted by Crippen LogP contribution is -2.32. The molecule has 1 aromatic rings. The first-order valence-electron chi connectivity index (χ1n) is 5.01. The smallest absolute Gasteiger partial charge is 0.329 e. The van der Waals surface area contributed by atoms with Crippen LogP contribution in [0.4, 0.5) is 11.5 Å². The second-order valence-electron chi connectivity index (χ2n) is 3.44. The van der Waals surface area contributed by atoms with Gasteiger partial charge in [-0.1, -0.05) is 0 Å². The summed E-state index contributed by atoms with van der Waals surface area (Å²) in [7, 11) is 1.48. The fourth-order valence-corrected chi connectivity index (χ4v) is 1.26. The molecular formula is C9H16N4O3. The Kier molecular flexibility index (Phi) is 4.12. The van der Waals surface area contributed by atoms with Crippen molar-refractivity contribution in [3.05, 3.63) is 20.8 Å². The standard InChI is InChI=1S/C9H16N4O3/c1-13-7(10)6(8(15)12-9(13)16)11-4-2-3-5-14/h11,14H,2-5,10H2,1H3,(H,12,15,16). The second kappa shape index (κ2) is 5.36. The number of nitrogens with one attached hydrogen (secondary N) is 2. The maximum atomic E-state index is 11.4. The fraction of sp³-hybridized carbons (Fsp3) is 0.556. The van der Waals surface area contributed by atoms with Crippen LogP contribution in [0.5, 0.6) is 0 Å². The summed E-state index contributed by atoms with van der Waals surface area (Å²) in [4.78, 5) is 24.7. The van der Waals surface area contributed by atoms with Crippen molar-refractivity contribution < 1.29 is 5.11 Å². The molecule has 0 unspecified atom stereocenters. The van der Waals surface area contributed by atoms with E-state index in [1.807, 2.05) is 0 Å². The van der Waals surface area contributed by atoms with Crippen LogP contribution in [-0.4, -0.2) is 27.8 Å². The van der Waals surface area contributed by atoms with Crippen molar-refractivity contribution in [2.45, 2.75) is 12.8 Å². The van der Waals surface area contributed by atoms with Gasteiger partial charge in [0.1, 0.15) is 11.5 Å². The van der Waals surface area contributed by atoms with Gasteiger partial charge in [-0.05, 0) is 12.8 Å². The molecule has 1 heterocycles. The van der Waals surface area contributed by atoms with Gasteiger partial charge in [0, 0.05) is 20.2 Å². The van der Waals surface area contributed by atoms with Gasteiger partial charge in [-0.2, -0.15) is 0 Å². The van der Waals surface area contributed by atoms with E-state index in [-0.39, 0.29) is 18.1 Å². The quantitative estimate of drug-likeness (QED) is 0.475. The number of aromatic amines is 1. The summed E-state index contributed by atoms with van der Waals surface area (Å²) in [6.07, 6.45) is 1.37. The van der Waals surface area contributed by atoms with E-state index < -0.39 is 11.2 Å². The van der Waals surface area contributed by atoms with E-state index in [4.69, 9.17) is 10.8 Å². The maximum Gasteiger partial charge on any atom is 0.329 e. The third-order valence-electron chi connectivity index (χ3n) is 2.26. The van der Waals surface area contributed by atoms with E-state index >= 15 is 0 Å². The molecule has 0 spiro atoms. The van der Waals surface area contributed by atoms with Crippen LogP contribution in [0, 0.1) is 0 Å². The molecule has 0 fully saturated rings. The van der Waals surface area contributed by atoms with E-state index in [0.29, 0.717) is 13.0 Å². The molecule has 90 valence electrons. The SMILES string of the molecule is Cn1c(N)c(NCCCCO)c(=O)[nH]c1=O. The lowest BCUT2D eigenvalue weighted by Gasteiger charge is -2.10. The summed E-state index contributed by atoms with van der Waals surface area (Å²) in [5.41, 5.74) is 4.76. The average Bonchev–Trinajstić information content (AvgIpc) is 2.25. The lowest BCUT2D eigenvalue weighted by molar-refractivity contribution is 0.286. The molecule has 7 nitrogen and oxygen atoms in total. The van der Waals surface area contributed by atoms with Crippen LogP contribution in [0.3, 0.4) is 0 Å². The maximum absolute atomic E-state index is 11.4. The normalized spacial score (nSPS) is 10.4. The van der Waals surface area contributed by atoms with Gasteiger partial charge >= 0.3 is 5.69 Å². The number of rotatable bonds is 5. The molecule has 0 saturated heterocycles. The number of nitrogens with zero attached hydrogens (tertiary/aromatic N) is 1. The summed E-state index contributed by atoms with van der Waals surface area (Å²) >= 11 is 0. The van der Waals surface area contributed by atoms with Gasteiger partial charge < -0.3 is 16.2 Å². The summed E-state index contributed by atoms with van der Waals surface area (Å²) in [6, 6.07) is 0. The molecule has 0 aliphatic heterocycles. The third kappa shape index (κ3) is 2.63. The second-order valence-corrected chi connectivity index (χ2v) is 3.44. The topological polar surface area (TPSA) is 113 Å². The van der Waals surface area contributed by atoms with E-state index in [1.165, 1.54) is 7.05 Å². The number of unbranched alkanes of at least 4 members (excludes halogenated alkanes) is 1. The Hall–Kier alpha value is -1.76. The van der Waals surface area contributed by atoms with Crippen molar-refractivity contribution in [1.29, 1.82) is 0 Å². The van der Waals surface area contributed by atoms with Gasteiger partial charge in [0.2, 0.25) is 0 Å². The fourth-order valence-electron chi connectivity index (χ4n) is 1.26. The molecule has 0 radical (unpaired) electrons. The molecule has 0 aliphatic rings. The summed E-state index contributed by atoms with van der Waals surface area (Å²) in [5, 5.41) is 11.4. The highest BCUT2D eigenvalue weighted by molar-refractivity contribution is 5.60. The number of aliphatic hydroxyl groups is 1. The predicted octanol–water partition coefficient (Wildman–Crippen LogP) is -1.16. The molecule has 1 rings (SSSR count). The zero-order chi connectivity index (χ0) is 12.1. The Labute approximate surface area is 91.9 Å². The number of aromatic nitrogens is 2. The molecule has 0 aliphatic carbocycles. The number of aliphatic hydroxyl groups excluding tert-OH is 1. The first-order valence-corrected chi connectivity index (χ1v) is 5.01. The zero-order valence-electron chi connectivity index (χ0n) is 9.12. The first-order chi connectivity index (χ1) is 7.57. The third-order valence-corrected chi connectivity index (χ3v) is 2.26. The van der Waals surface area contributed by atoms with Crippen molar-refractivity contribution in [1.82, 2.24) is 9.55 Å². The molecule has 0 saturated carbocycles. The zero-order valence-corrected chi connectivity index (χ0v) is 9.12. The molecule has 0 aromatic carbocycles. The highest BCUT2D eigenvalue weighted by atomic mass is 16.3. The van der Waals surface area contributed by atoms with E-state index in [0.717, 1.165) is 11.0 Å². The van der Waals surface area contributed by atoms with Crippen molar-refractivity contribution in [3.63, 3.8) is 0 Å². The van der Waals surface area contributed by atoms with Crippen LogP contribution in [0.15, 0.2) is 9.59 Å². The minimum absolute atomic E-state index is 0.109. The van der Waals surface area contributed by atoms with Gasteiger partial charge in [-0.3, -0.25) is 14.3 Å². The minimum atomic E-state index is -0.539. The van der Waals surface area contributed by atoms with Crippen LogP contribution in [0.1, 0.15) is 12.8 Å². The van der Waals surface area contributed by atoms with Crippen LogP contribution < -0.4 is 22.3 Å². The molecule has 0 amide bonds. The molecule has 16 heavy (non-hydrogen) atoms. The largest absolute Gasteiger partial charge is 0.396 e. The number of nitrogen functional groups attached to an aromatic ring is 1. The van der Waals surface area contributed by atoms with Crippen molar-refractivity contribution >= 4 is 11.5 Å². The van der Waals surface area contributed by atoms with Crippen LogP contribution >= 0.6 is 0 Å². The number of hydrogen-bond acceptors (Lipinski definition) is 5. The molecule has 0 atom stereocenters.